The molecule has 2 atom stereocenters. The van der Waals surface area contributed by atoms with Gasteiger partial charge in [0.15, 0.2) is 0 Å². The fourth-order valence-electron chi connectivity index (χ4n) is 2.00. The molecule has 98 valence electrons. The van der Waals surface area contributed by atoms with Gasteiger partial charge >= 0.3 is 5.97 Å². The smallest absolute Gasteiger partial charge is 0.320 e. The molecule has 0 spiro atoms. The zero-order valence-corrected chi connectivity index (χ0v) is 10.8. The maximum atomic E-state index is 11.6. The maximum Gasteiger partial charge on any atom is 0.320 e. The molecule has 1 aliphatic heterocycles. The molecule has 1 heterocycles. The second kappa shape index (κ2) is 6.00. The van der Waals surface area contributed by atoms with Crippen molar-refractivity contribution >= 4 is 11.9 Å². The number of carbonyl (C=O) groups excluding carboxylic acids is 1. The first kappa shape index (κ1) is 14.0. The molecule has 1 rings (SSSR count). The van der Waals surface area contributed by atoms with E-state index in [1.807, 2.05) is 18.7 Å². The van der Waals surface area contributed by atoms with Crippen molar-refractivity contribution < 1.29 is 14.7 Å². The summed E-state index contributed by atoms with van der Waals surface area (Å²) in [6.07, 6.45) is 1.86. The van der Waals surface area contributed by atoms with Crippen LogP contribution in [0.2, 0.25) is 0 Å². The minimum absolute atomic E-state index is 0.0257. The fraction of sp³-hybridized carbons (Fsp3) is 0.833. The summed E-state index contributed by atoms with van der Waals surface area (Å²) >= 11 is 0. The Kier molecular flexibility index (Phi) is 4.93. The van der Waals surface area contributed by atoms with Crippen molar-refractivity contribution in [3.63, 3.8) is 0 Å². The van der Waals surface area contributed by atoms with Crippen molar-refractivity contribution in [3.05, 3.63) is 0 Å². The molecule has 2 N–H and O–H groups in total. The van der Waals surface area contributed by atoms with E-state index >= 15 is 0 Å². The second-order valence-electron chi connectivity index (χ2n) is 5.01. The van der Waals surface area contributed by atoms with Gasteiger partial charge in [-0.15, -0.1) is 0 Å². The maximum absolute atomic E-state index is 11.6. The van der Waals surface area contributed by atoms with Gasteiger partial charge in [-0.05, 0) is 26.3 Å². The molecule has 0 radical (unpaired) electrons. The Morgan fingerprint density at radius 1 is 1.35 bits per heavy atom. The zero-order valence-electron chi connectivity index (χ0n) is 10.8. The van der Waals surface area contributed by atoms with E-state index in [-0.39, 0.29) is 17.9 Å². The number of piperidine rings is 1. The molecule has 1 aliphatic rings. The van der Waals surface area contributed by atoms with E-state index in [2.05, 4.69) is 5.32 Å². The van der Waals surface area contributed by atoms with E-state index < -0.39 is 12.0 Å². The molecule has 0 bridgehead atoms. The Labute approximate surface area is 102 Å². The van der Waals surface area contributed by atoms with Crippen molar-refractivity contribution in [3.8, 4) is 0 Å². The van der Waals surface area contributed by atoms with Gasteiger partial charge < -0.3 is 10.4 Å². The van der Waals surface area contributed by atoms with Crippen molar-refractivity contribution in [1.29, 1.82) is 0 Å². The van der Waals surface area contributed by atoms with Crippen LogP contribution in [0.1, 0.15) is 33.6 Å². The molecular formula is C12H22N2O3. The third-order valence-corrected chi connectivity index (χ3v) is 3.23. The van der Waals surface area contributed by atoms with E-state index in [1.54, 1.807) is 6.92 Å². The van der Waals surface area contributed by atoms with Gasteiger partial charge in [-0.3, -0.25) is 14.5 Å². The molecule has 17 heavy (non-hydrogen) atoms. The highest BCUT2D eigenvalue weighted by Gasteiger charge is 2.28. The number of carboxylic acid groups (broad SMARTS) is 1. The Morgan fingerprint density at radius 3 is 2.53 bits per heavy atom. The summed E-state index contributed by atoms with van der Waals surface area (Å²) in [4.78, 5) is 24.4. The molecule has 1 amide bonds. The number of carboxylic acids is 1. The van der Waals surface area contributed by atoms with Crippen molar-refractivity contribution in [2.45, 2.75) is 45.7 Å². The highest BCUT2D eigenvalue weighted by molar-refractivity contribution is 5.78. The summed E-state index contributed by atoms with van der Waals surface area (Å²) in [6, 6.07) is -0.394. The third kappa shape index (κ3) is 4.00. The number of amides is 1. The molecule has 0 saturated carbocycles. The lowest BCUT2D eigenvalue weighted by Crippen LogP contribution is -2.52. The van der Waals surface area contributed by atoms with Gasteiger partial charge in [-0.25, -0.2) is 0 Å². The molecule has 0 aromatic rings. The molecule has 1 saturated heterocycles. The van der Waals surface area contributed by atoms with Gasteiger partial charge in [-0.2, -0.15) is 0 Å². The number of aliphatic carboxylic acids is 1. The standard InChI is InChI=1S/C12H22N2O3/c1-8(2)11(15)13-10-5-4-6-14(7-10)9(3)12(16)17/h8-10H,4-7H2,1-3H3,(H,13,15)(H,16,17)/t9-,10-/m1/s1. The van der Waals surface area contributed by atoms with E-state index in [0.717, 1.165) is 19.4 Å². The van der Waals surface area contributed by atoms with E-state index in [4.69, 9.17) is 5.11 Å². The number of nitrogens with one attached hydrogen (secondary N) is 1. The van der Waals surface area contributed by atoms with Gasteiger partial charge in [0, 0.05) is 18.5 Å². The third-order valence-electron chi connectivity index (χ3n) is 3.23. The lowest BCUT2D eigenvalue weighted by atomic mass is 10.0. The molecule has 5 nitrogen and oxygen atoms in total. The van der Waals surface area contributed by atoms with E-state index in [9.17, 15) is 9.59 Å². The summed E-state index contributed by atoms with van der Waals surface area (Å²) in [5, 5.41) is 11.9. The molecule has 0 unspecified atom stereocenters. The van der Waals surface area contributed by atoms with Gasteiger partial charge in [0.25, 0.3) is 0 Å². The average Bonchev–Trinajstić information content (AvgIpc) is 2.28. The quantitative estimate of drug-likeness (QED) is 0.761. The summed E-state index contributed by atoms with van der Waals surface area (Å²) in [7, 11) is 0. The highest BCUT2D eigenvalue weighted by Crippen LogP contribution is 2.13. The van der Waals surface area contributed by atoms with Crippen LogP contribution >= 0.6 is 0 Å². The summed E-state index contributed by atoms with van der Waals surface area (Å²) < 4.78 is 0. The average molecular weight is 242 g/mol. The summed E-state index contributed by atoms with van der Waals surface area (Å²) in [5.41, 5.74) is 0. The van der Waals surface area contributed by atoms with Crippen LogP contribution in [0.5, 0.6) is 0 Å². The Hall–Kier alpha value is -1.10. The van der Waals surface area contributed by atoms with Crippen molar-refractivity contribution in [2.75, 3.05) is 13.1 Å². The van der Waals surface area contributed by atoms with Gasteiger partial charge in [0.1, 0.15) is 6.04 Å². The first-order chi connectivity index (χ1) is 7.91. The molecular weight excluding hydrogens is 220 g/mol. The van der Waals surface area contributed by atoms with Crippen LogP contribution in [0.3, 0.4) is 0 Å². The summed E-state index contributed by atoms with van der Waals surface area (Å²) in [5.74, 6) is -0.789. The monoisotopic (exact) mass is 242 g/mol. The Bertz CT molecular complexity index is 291. The molecule has 5 heteroatoms. The van der Waals surface area contributed by atoms with Crippen molar-refractivity contribution in [2.24, 2.45) is 5.92 Å². The first-order valence-electron chi connectivity index (χ1n) is 6.19. The molecule has 0 aromatic carbocycles. The number of nitrogens with zero attached hydrogens (tertiary/aromatic N) is 1. The Morgan fingerprint density at radius 2 is 2.00 bits per heavy atom. The minimum atomic E-state index is -0.805. The van der Waals surface area contributed by atoms with E-state index in [0.29, 0.717) is 6.54 Å². The number of likely N-dealkylation sites (tertiary alicyclic amines) is 1. The Balaban J connectivity index is 2.49. The first-order valence-corrected chi connectivity index (χ1v) is 6.19. The SMILES string of the molecule is CC(C)C(=O)N[C@@H]1CCCN([C@H](C)C(=O)O)C1. The predicted molar refractivity (Wildman–Crippen MR) is 64.7 cm³/mol. The topological polar surface area (TPSA) is 69.6 Å². The predicted octanol–water partition coefficient (Wildman–Crippen LogP) is 0.696. The number of hydrogen-bond donors (Lipinski definition) is 2. The van der Waals surface area contributed by atoms with Crippen molar-refractivity contribution in [1.82, 2.24) is 10.2 Å². The van der Waals surface area contributed by atoms with Crippen LogP contribution in [0, 0.1) is 5.92 Å². The van der Waals surface area contributed by atoms with Crippen LogP contribution < -0.4 is 5.32 Å². The number of rotatable bonds is 4. The van der Waals surface area contributed by atoms with Crippen LogP contribution in [0.4, 0.5) is 0 Å². The zero-order chi connectivity index (χ0) is 13.0. The second-order valence-corrected chi connectivity index (χ2v) is 5.01. The van der Waals surface area contributed by atoms with Gasteiger partial charge in [-0.1, -0.05) is 13.8 Å². The molecule has 1 fully saturated rings. The minimum Gasteiger partial charge on any atom is -0.480 e. The van der Waals surface area contributed by atoms with Gasteiger partial charge in [0.05, 0.1) is 0 Å². The van der Waals surface area contributed by atoms with Crippen LogP contribution in [-0.2, 0) is 9.59 Å². The number of hydrogen-bond acceptors (Lipinski definition) is 3. The lowest BCUT2D eigenvalue weighted by Gasteiger charge is -2.35. The van der Waals surface area contributed by atoms with E-state index in [1.165, 1.54) is 0 Å². The van der Waals surface area contributed by atoms with Crippen LogP contribution in [0.15, 0.2) is 0 Å². The fourth-order valence-corrected chi connectivity index (χ4v) is 2.00. The summed E-state index contributed by atoms with van der Waals surface area (Å²) in [6.45, 7) is 6.83. The largest absolute Gasteiger partial charge is 0.480 e. The lowest BCUT2D eigenvalue weighted by molar-refractivity contribution is -0.143. The number of carbonyl (C=O) groups is 2. The molecule has 0 aliphatic carbocycles. The molecule has 0 aromatic heterocycles. The highest BCUT2D eigenvalue weighted by atomic mass is 16.4. The van der Waals surface area contributed by atoms with Gasteiger partial charge in [0.2, 0.25) is 5.91 Å². The normalized spacial score (nSPS) is 23.4. The van der Waals surface area contributed by atoms with Crippen LogP contribution in [-0.4, -0.2) is 47.1 Å². The van der Waals surface area contributed by atoms with Crippen LogP contribution in [0.25, 0.3) is 0 Å².